The second-order valence-electron chi connectivity index (χ2n) is 6.13. The van der Waals surface area contributed by atoms with E-state index in [1.165, 1.54) is 16.9 Å². The van der Waals surface area contributed by atoms with E-state index in [9.17, 15) is 9.59 Å². The lowest BCUT2D eigenvalue weighted by Gasteiger charge is -2.34. The van der Waals surface area contributed by atoms with Gasteiger partial charge in [0.25, 0.3) is 5.91 Å². The Morgan fingerprint density at radius 2 is 1.76 bits per heavy atom. The van der Waals surface area contributed by atoms with Crippen molar-refractivity contribution in [1.29, 1.82) is 0 Å². The van der Waals surface area contributed by atoms with E-state index < -0.39 is 0 Å². The van der Waals surface area contributed by atoms with Crippen molar-refractivity contribution in [2.75, 3.05) is 39.3 Å². The summed E-state index contributed by atoms with van der Waals surface area (Å²) < 4.78 is 0. The summed E-state index contributed by atoms with van der Waals surface area (Å²) in [5.41, 5.74) is 1.23. The first-order chi connectivity index (χ1) is 12.2. The number of piperazine rings is 1. The van der Waals surface area contributed by atoms with E-state index in [1.807, 2.05) is 40.6 Å². The zero-order valence-electron chi connectivity index (χ0n) is 14.2. The molecule has 0 unspecified atom stereocenters. The first-order valence-corrected chi connectivity index (χ1v) is 9.46. The summed E-state index contributed by atoms with van der Waals surface area (Å²) >= 11 is 1.47. The molecule has 5 nitrogen and oxygen atoms in total. The first kappa shape index (κ1) is 17.6. The van der Waals surface area contributed by atoms with Crippen molar-refractivity contribution >= 4 is 23.2 Å². The summed E-state index contributed by atoms with van der Waals surface area (Å²) in [5, 5.41) is 4.90. The van der Waals surface area contributed by atoms with Gasteiger partial charge in [-0.3, -0.25) is 14.5 Å². The summed E-state index contributed by atoms with van der Waals surface area (Å²) in [5.74, 6) is 0.149. The minimum Gasteiger partial charge on any atom is -0.355 e. The number of thiophene rings is 1. The summed E-state index contributed by atoms with van der Waals surface area (Å²) in [6.45, 7) is 3.88. The fourth-order valence-electron chi connectivity index (χ4n) is 2.92. The van der Waals surface area contributed by atoms with E-state index in [2.05, 4.69) is 22.3 Å². The average Bonchev–Trinajstić information content (AvgIpc) is 3.17. The molecule has 0 bridgehead atoms. The molecule has 1 fully saturated rings. The van der Waals surface area contributed by atoms with Gasteiger partial charge in [-0.2, -0.15) is 0 Å². The van der Waals surface area contributed by atoms with Crippen LogP contribution < -0.4 is 5.32 Å². The molecule has 1 aliphatic heterocycles. The molecule has 1 aromatic heterocycles. The van der Waals surface area contributed by atoms with Crippen LogP contribution in [0, 0.1) is 0 Å². The van der Waals surface area contributed by atoms with Crippen LogP contribution in [0.5, 0.6) is 0 Å². The van der Waals surface area contributed by atoms with Crippen LogP contribution in [0.3, 0.4) is 0 Å². The minimum absolute atomic E-state index is 0.0500. The molecule has 25 heavy (non-hydrogen) atoms. The topological polar surface area (TPSA) is 52.7 Å². The van der Waals surface area contributed by atoms with Crippen LogP contribution in [0.4, 0.5) is 0 Å². The maximum atomic E-state index is 12.3. The Balaban J connectivity index is 1.35. The van der Waals surface area contributed by atoms with Crippen LogP contribution in [0.1, 0.15) is 15.2 Å². The van der Waals surface area contributed by atoms with E-state index >= 15 is 0 Å². The number of benzene rings is 1. The fraction of sp³-hybridized carbons (Fsp3) is 0.368. The lowest BCUT2D eigenvalue weighted by molar-refractivity contribution is -0.122. The van der Waals surface area contributed by atoms with E-state index in [1.54, 1.807) is 0 Å². The van der Waals surface area contributed by atoms with Gasteiger partial charge in [0.1, 0.15) is 0 Å². The molecule has 2 aromatic rings. The van der Waals surface area contributed by atoms with Crippen LogP contribution >= 0.6 is 11.3 Å². The van der Waals surface area contributed by atoms with E-state index in [0.29, 0.717) is 26.2 Å². The highest BCUT2D eigenvalue weighted by atomic mass is 32.1. The molecule has 1 N–H and O–H groups in total. The SMILES string of the molecule is O=C(CN1CCN(C(=O)c2cccs2)CC1)NCCc1ccccc1. The third kappa shape index (κ3) is 5.14. The van der Waals surface area contributed by atoms with Gasteiger partial charge < -0.3 is 10.2 Å². The van der Waals surface area contributed by atoms with Gasteiger partial charge >= 0.3 is 0 Å². The number of rotatable bonds is 6. The zero-order chi connectivity index (χ0) is 17.5. The highest BCUT2D eigenvalue weighted by Gasteiger charge is 2.23. The summed E-state index contributed by atoms with van der Waals surface area (Å²) in [6.07, 6.45) is 0.843. The number of nitrogens with one attached hydrogen (secondary N) is 1. The quantitative estimate of drug-likeness (QED) is 0.859. The van der Waals surface area contributed by atoms with Crippen LogP contribution in [-0.2, 0) is 11.2 Å². The van der Waals surface area contributed by atoms with E-state index in [0.717, 1.165) is 24.4 Å². The predicted octanol–water partition coefficient (Wildman–Crippen LogP) is 1.86. The Hall–Kier alpha value is -2.18. The molecule has 0 spiro atoms. The number of carbonyl (C=O) groups excluding carboxylic acids is 2. The van der Waals surface area contributed by atoms with Gasteiger partial charge in [-0.05, 0) is 23.4 Å². The Morgan fingerprint density at radius 1 is 1.00 bits per heavy atom. The highest BCUT2D eigenvalue weighted by molar-refractivity contribution is 7.12. The molecular formula is C19H23N3O2S. The Morgan fingerprint density at radius 3 is 2.44 bits per heavy atom. The van der Waals surface area contributed by atoms with E-state index in [-0.39, 0.29) is 11.8 Å². The predicted molar refractivity (Wildman–Crippen MR) is 99.8 cm³/mol. The first-order valence-electron chi connectivity index (χ1n) is 8.58. The summed E-state index contributed by atoms with van der Waals surface area (Å²) in [7, 11) is 0. The molecular weight excluding hydrogens is 334 g/mol. The minimum atomic E-state index is 0.0500. The maximum absolute atomic E-state index is 12.3. The molecule has 0 radical (unpaired) electrons. The molecule has 1 aromatic carbocycles. The third-order valence-corrected chi connectivity index (χ3v) is 5.20. The van der Waals surface area contributed by atoms with Crippen molar-refractivity contribution in [1.82, 2.24) is 15.1 Å². The summed E-state index contributed by atoms with van der Waals surface area (Å²) in [4.78, 5) is 29.1. The molecule has 6 heteroatoms. The van der Waals surface area contributed by atoms with Gasteiger partial charge in [-0.25, -0.2) is 0 Å². The highest BCUT2D eigenvalue weighted by Crippen LogP contribution is 2.13. The Bertz CT molecular complexity index is 680. The molecule has 0 aliphatic carbocycles. The molecule has 1 aliphatic rings. The van der Waals surface area contributed by atoms with Crippen molar-refractivity contribution in [2.24, 2.45) is 0 Å². The number of nitrogens with zero attached hydrogens (tertiary/aromatic N) is 2. The monoisotopic (exact) mass is 357 g/mol. The van der Waals surface area contributed by atoms with Crippen LogP contribution in [0.15, 0.2) is 47.8 Å². The lowest BCUT2D eigenvalue weighted by atomic mass is 10.1. The Kier molecular flexibility index (Phi) is 6.19. The molecule has 0 saturated carbocycles. The van der Waals surface area contributed by atoms with Crippen molar-refractivity contribution in [3.63, 3.8) is 0 Å². The average molecular weight is 357 g/mol. The van der Waals surface area contributed by atoms with Crippen LogP contribution in [-0.4, -0.2) is 60.9 Å². The van der Waals surface area contributed by atoms with Crippen molar-refractivity contribution in [3.05, 3.63) is 58.3 Å². The standard InChI is InChI=1S/C19H23N3O2S/c23-18(20-9-8-16-5-2-1-3-6-16)15-21-10-12-22(13-11-21)19(24)17-7-4-14-25-17/h1-7,14H,8-13,15H2,(H,20,23). The van der Waals surface area contributed by atoms with Crippen molar-refractivity contribution in [2.45, 2.75) is 6.42 Å². The molecule has 132 valence electrons. The second kappa shape index (κ2) is 8.78. The van der Waals surface area contributed by atoms with Gasteiger partial charge in [0.05, 0.1) is 11.4 Å². The maximum Gasteiger partial charge on any atom is 0.264 e. The summed E-state index contributed by atoms with van der Waals surface area (Å²) in [6, 6.07) is 13.9. The van der Waals surface area contributed by atoms with Gasteiger partial charge in [0, 0.05) is 32.7 Å². The van der Waals surface area contributed by atoms with Crippen molar-refractivity contribution in [3.8, 4) is 0 Å². The van der Waals surface area contributed by atoms with E-state index in [4.69, 9.17) is 0 Å². The lowest BCUT2D eigenvalue weighted by Crippen LogP contribution is -2.51. The van der Waals surface area contributed by atoms with Crippen molar-refractivity contribution < 1.29 is 9.59 Å². The molecule has 2 amide bonds. The molecule has 0 atom stereocenters. The zero-order valence-corrected chi connectivity index (χ0v) is 15.0. The van der Waals surface area contributed by atoms with Crippen LogP contribution in [0.25, 0.3) is 0 Å². The largest absolute Gasteiger partial charge is 0.355 e. The number of carbonyl (C=O) groups is 2. The van der Waals surface area contributed by atoms with Gasteiger partial charge in [0.15, 0.2) is 0 Å². The Labute approximate surface area is 152 Å². The van der Waals surface area contributed by atoms with Gasteiger partial charge in [-0.1, -0.05) is 36.4 Å². The molecule has 3 rings (SSSR count). The van der Waals surface area contributed by atoms with Gasteiger partial charge in [0.2, 0.25) is 5.91 Å². The third-order valence-electron chi connectivity index (χ3n) is 4.34. The molecule has 1 saturated heterocycles. The second-order valence-corrected chi connectivity index (χ2v) is 7.08. The fourth-order valence-corrected chi connectivity index (χ4v) is 3.61. The number of hydrogen-bond donors (Lipinski definition) is 1. The van der Waals surface area contributed by atoms with Crippen LogP contribution in [0.2, 0.25) is 0 Å². The number of hydrogen-bond acceptors (Lipinski definition) is 4. The normalized spacial score (nSPS) is 15.1. The molecule has 2 heterocycles. The van der Waals surface area contributed by atoms with Gasteiger partial charge in [-0.15, -0.1) is 11.3 Å². The smallest absolute Gasteiger partial charge is 0.264 e. The number of amides is 2.